The van der Waals surface area contributed by atoms with Gasteiger partial charge in [0.05, 0.1) is 12.0 Å². The Labute approximate surface area is 73.6 Å². The van der Waals surface area contributed by atoms with Gasteiger partial charge in [-0.05, 0) is 19.3 Å². The largest absolute Gasteiger partial charge is 0.272 e. The van der Waals surface area contributed by atoms with Crippen LogP contribution in [-0.2, 0) is 9.63 Å². The van der Waals surface area contributed by atoms with Crippen LogP contribution in [0, 0.1) is 5.92 Å². The molecule has 11 heavy (non-hydrogen) atoms. The summed E-state index contributed by atoms with van der Waals surface area (Å²) >= 11 is 3.52. The summed E-state index contributed by atoms with van der Waals surface area (Å²) in [7, 11) is 0. The Kier molecular flexibility index (Phi) is 1.89. The van der Waals surface area contributed by atoms with Gasteiger partial charge < -0.3 is 0 Å². The van der Waals surface area contributed by atoms with Crippen LogP contribution in [0.15, 0.2) is 0 Å². The molecule has 3 nitrogen and oxygen atoms in total. The second-order valence-corrected chi connectivity index (χ2v) is 4.43. The molecule has 1 aliphatic heterocycles. The van der Waals surface area contributed by atoms with Crippen LogP contribution in [0.4, 0.5) is 0 Å². The molecule has 2 fully saturated rings. The molecule has 0 aromatic heterocycles. The molecule has 1 saturated carbocycles. The lowest BCUT2D eigenvalue weighted by Crippen LogP contribution is -2.29. The van der Waals surface area contributed by atoms with Gasteiger partial charge in [0.15, 0.2) is 0 Å². The van der Waals surface area contributed by atoms with Crippen LogP contribution in [0.1, 0.15) is 19.3 Å². The number of alkyl halides is 1. The number of carbonyl (C=O) groups is 1. The molecular formula is C7H10BrNO2. The normalized spacial score (nSPS) is 43.4. The summed E-state index contributed by atoms with van der Waals surface area (Å²) in [4.78, 5) is 16.7. The lowest BCUT2D eigenvalue weighted by Gasteiger charge is -2.24. The van der Waals surface area contributed by atoms with Crippen molar-refractivity contribution in [3.05, 3.63) is 0 Å². The quantitative estimate of drug-likeness (QED) is 0.618. The zero-order valence-electron chi connectivity index (χ0n) is 6.05. The van der Waals surface area contributed by atoms with E-state index in [1.54, 1.807) is 0 Å². The third-order valence-corrected chi connectivity index (χ3v) is 3.20. The Balaban J connectivity index is 2.07. The SMILES string of the molecule is O=C1NOC2CCC(Br)CC12. The molecule has 0 radical (unpaired) electrons. The highest BCUT2D eigenvalue weighted by Gasteiger charge is 2.40. The van der Waals surface area contributed by atoms with Crippen LogP contribution in [0.25, 0.3) is 0 Å². The number of hydrogen-bond acceptors (Lipinski definition) is 2. The summed E-state index contributed by atoms with van der Waals surface area (Å²) in [6, 6.07) is 0. The Morgan fingerprint density at radius 2 is 2.36 bits per heavy atom. The minimum atomic E-state index is 0.0548. The van der Waals surface area contributed by atoms with Crippen molar-refractivity contribution >= 4 is 21.8 Å². The number of hydrogen-bond donors (Lipinski definition) is 1. The molecule has 1 amide bonds. The van der Waals surface area contributed by atoms with Crippen molar-refractivity contribution in [3.8, 4) is 0 Å². The van der Waals surface area contributed by atoms with Gasteiger partial charge in [0.2, 0.25) is 5.91 Å². The van der Waals surface area contributed by atoms with Crippen molar-refractivity contribution in [1.82, 2.24) is 5.48 Å². The molecule has 2 rings (SSSR count). The minimum Gasteiger partial charge on any atom is -0.272 e. The van der Waals surface area contributed by atoms with E-state index in [4.69, 9.17) is 4.84 Å². The molecule has 2 aliphatic rings. The summed E-state index contributed by atoms with van der Waals surface area (Å²) < 4.78 is 0. The Morgan fingerprint density at radius 3 is 3.18 bits per heavy atom. The van der Waals surface area contributed by atoms with Crippen molar-refractivity contribution in [1.29, 1.82) is 0 Å². The first-order chi connectivity index (χ1) is 5.27. The molecule has 0 aromatic rings. The van der Waals surface area contributed by atoms with E-state index < -0.39 is 0 Å². The summed E-state index contributed by atoms with van der Waals surface area (Å²) in [6.07, 6.45) is 3.14. The number of fused-ring (bicyclic) bond motifs is 1. The third-order valence-electron chi connectivity index (χ3n) is 2.37. The lowest BCUT2D eigenvalue weighted by atomic mass is 9.87. The van der Waals surface area contributed by atoms with Gasteiger partial charge in [-0.15, -0.1) is 0 Å². The van der Waals surface area contributed by atoms with E-state index in [9.17, 15) is 4.79 Å². The van der Waals surface area contributed by atoms with E-state index in [0.29, 0.717) is 4.83 Å². The highest BCUT2D eigenvalue weighted by Crippen LogP contribution is 2.33. The van der Waals surface area contributed by atoms with E-state index in [2.05, 4.69) is 21.4 Å². The molecule has 1 saturated heterocycles. The number of halogens is 1. The van der Waals surface area contributed by atoms with E-state index in [1.165, 1.54) is 0 Å². The van der Waals surface area contributed by atoms with E-state index in [0.717, 1.165) is 19.3 Å². The predicted octanol–water partition coefficient (Wildman–Crippen LogP) is 0.980. The van der Waals surface area contributed by atoms with Crippen LogP contribution in [0.2, 0.25) is 0 Å². The fourth-order valence-electron chi connectivity index (χ4n) is 1.72. The van der Waals surface area contributed by atoms with Crippen molar-refractivity contribution in [3.63, 3.8) is 0 Å². The maximum atomic E-state index is 11.1. The minimum absolute atomic E-state index is 0.0548. The molecule has 1 aliphatic carbocycles. The third kappa shape index (κ3) is 1.29. The Morgan fingerprint density at radius 1 is 1.55 bits per heavy atom. The summed E-state index contributed by atoms with van der Waals surface area (Å²) in [5, 5.41) is 0. The first-order valence-corrected chi connectivity index (χ1v) is 4.78. The second kappa shape index (κ2) is 2.75. The lowest BCUT2D eigenvalue weighted by molar-refractivity contribution is -0.126. The zero-order chi connectivity index (χ0) is 7.84. The van der Waals surface area contributed by atoms with Crippen LogP contribution in [0.3, 0.4) is 0 Å². The number of amides is 1. The fraction of sp³-hybridized carbons (Fsp3) is 0.857. The molecular weight excluding hydrogens is 210 g/mol. The highest BCUT2D eigenvalue weighted by molar-refractivity contribution is 9.09. The van der Waals surface area contributed by atoms with Gasteiger partial charge in [0, 0.05) is 4.83 Å². The zero-order valence-corrected chi connectivity index (χ0v) is 7.63. The number of rotatable bonds is 0. The average Bonchev–Trinajstić information content (AvgIpc) is 2.33. The predicted molar refractivity (Wildman–Crippen MR) is 43.1 cm³/mol. The highest BCUT2D eigenvalue weighted by atomic mass is 79.9. The second-order valence-electron chi connectivity index (χ2n) is 3.14. The monoisotopic (exact) mass is 219 g/mol. The summed E-state index contributed by atoms with van der Waals surface area (Å²) in [5.41, 5.74) is 2.42. The van der Waals surface area contributed by atoms with Crippen LogP contribution in [0.5, 0.6) is 0 Å². The van der Waals surface area contributed by atoms with Gasteiger partial charge in [-0.2, -0.15) is 0 Å². The topological polar surface area (TPSA) is 38.3 Å². The van der Waals surface area contributed by atoms with Gasteiger partial charge in [-0.25, -0.2) is 5.48 Å². The molecule has 3 atom stereocenters. The molecule has 1 N–H and O–H groups in total. The van der Waals surface area contributed by atoms with Crippen LogP contribution in [-0.4, -0.2) is 16.8 Å². The van der Waals surface area contributed by atoms with Crippen LogP contribution < -0.4 is 5.48 Å². The van der Waals surface area contributed by atoms with Crippen LogP contribution >= 0.6 is 15.9 Å². The smallest absolute Gasteiger partial charge is 0.249 e. The van der Waals surface area contributed by atoms with Crippen molar-refractivity contribution in [2.75, 3.05) is 0 Å². The van der Waals surface area contributed by atoms with Crippen molar-refractivity contribution in [2.45, 2.75) is 30.2 Å². The fourth-order valence-corrected chi connectivity index (χ4v) is 2.38. The van der Waals surface area contributed by atoms with Gasteiger partial charge >= 0.3 is 0 Å². The molecule has 3 unspecified atom stereocenters. The standard InChI is InChI=1S/C7H10BrNO2/c8-4-1-2-6-5(3-4)7(10)9-11-6/h4-6H,1-3H2,(H,9,10). The van der Waals surface area contributed by atoms with E-state index >= 15 is 0 Å². The first kappa shape index (κ1) is 7.55. The summed E-state index contributed by atoms with van der Waals surface area (Å²) in [6.45, 7) is 0. The molecule has 0 aromatic carbocycles. The van der Waals surface area contributed by atoms with E-state index in [-0.39, 0.29) is 17.9 Å². The number of hydroxylamine groups is 1. The number of nitrogens with one attached hydrogen (secondary N) is 1. The van der Waals surface area contributed by atoms with Gasteiger partial charge in [-0.1, -0.05) is 15.9 Å². The average molecular weight is 220 g/mol. The Hall–Kier alpha value is -0.0900. The molecule has 4 heteroatoms. The summed E-state index contributed by atoms with van der Waals surface area (Å²) in [5.74, 6) is 0.146. The van der Waals surface area contributed by atoms with Crippen molar-refractivity contribution < 1.29 is 9.63 Å². The molecule has 0 bridgehead atoms. The van der Waals surface area contributed by atoms with Gasteiger partial charge in [0.1, 0.15) is 0 Å². The molecule has 1 heterocycles. The maximum absolute atomic E-state index is 11.1. The van der Waals surface area contributed by atoms with Gasteiger partial charge in [0.25, 0.3) is 0 Å². The molecule has 62 valence electrons. The molecule has 0 spiro atoms. The number of carbonyl (C=O) groups excluding carboxylic acids is 1. The van der Waals surface area contributed by atoms with Gasteiger partial charge in [-0.3, -0.25) is 9.63 Å². The first-order valence-electron chi connectivity index (χ1n) is 3.87. The maximum Gasteiger partial charge on any atom is 0.249 e. The van der Waals surface area contributed by atoms with E-state index in [1.807, 2.05) is 0 Å². The van der Waals surface area contributed by atoms with Crippen molar-refractivity contribution in [2.24, 2.45) is 5.92 Å². The Bertz CT molecular complexity index is 185.